The van der Waals surface area contributed by atoms with Gasteiger partial charge in [-0.15, -0.1) is 0 Å². The van der Waals surface area contributed by atoms with E-state index in [1.54, 1.807) is 26.8 Å². The average Bonchev–Trinajstić information content (AvgIpc) is 3.38. The second kappa shape index (κ2) is 8.81. The van der Waals surface area contributed by atoms with Crippen molar-refractivity contribution in [1.82, 2.24) is 4.98 Å². The summed E-state index contributed by atoms with van der Waals surface area (Å²) in [6.45, 7) is 2.80. The summed E-state index contributed by atoms with van der Waals surface area (Å²) >= 11 is 0. The zero-order valence-electron chi connectivity index (χ0n) is 27.2. The Bertz CT molecular complexity index is 2080. The fraction of sp³-hybridized carbons (Fsp3) is 0.162. The number of nitrogens with zero attached hydrogens (tertiary/aromatic N) is 1. The standard InChI is InChI=1S/C37H31NO/c1-23-22-38-33(20-24(23)21-37(2,3)4)31-18-11-19-32-34-29-16-9-7-14-27(29)25-12-5-6-13-26(25)28-15-8-10-17-30(28)36(34)39-35(31)32/h5-20,22H,21H2,1-4H3/i1D3,21D2. The van der Waals surface area contributed by atoms with Crippen molar-refractivity contribution in [3.63, 3.8) is 0 Å². The Balaban J connectivity index is 1.55. The van der Waals surface area contributed by atoms with Crippen LogP contribution in [0.5, 0.6) is 0 Å². The second-order valence-electron chi connectivity index (χ2n) is 11.1. The van der Waals surface area contributed by atoms with Gasteiger partial charge in [-0.25, -0.2) is 0 Å². The molecule has 190 valence electrons. The summed E-state index contributed by atoms with van der Waals surface area (Å²) in [5.41, 5.74) is 8.35. The molecule has 1 aliphatic rings. The zero-order valence-corrected chi connectivity index (χ0v) is 22.2. The van der Waals surface area contributed by atoms with Crippen LogP contribution in [0, 0.1) is 12.3 Å². The van der Waals surface area contributed by atoms with Gasteiger partial charge in [-0.3, -0.25) is 4.98 Å². The highest BCUT2D eigenvalue weighted by atomic mass is 16.3. The van der Waals surface area contributed by atoms with E-state index in [0.29, 0.717) is 16.8 Å². The van der Waals surface area contributed by atoms with Crippen LogP contribution in [0.1, 0.15) is 38.8 Å². The summed E-state index contributed by atoms with van der Waals surface area (Å²) in [7, 11) is 0. The molecule has 0 N–H and O–H groups in total. The third-order valence-corrected chi connectivity index (χ3v) is 7.28. The van der Waals surface area contributed by atoms with Crippen LogP contribution < -0.4 is 0 Å². The lowest BCUT2D eigenvalue weighted by molar-refractivity contribution is 0.410. The van der Waals surface area contributed by atoms with E-state index >= 15 is 0 Å². The summed E-state index contributed by atoms with van der Waals surface area (Å²) in [6, 6.07) is 32.5. The predicted molar refractivity (Wildman–Crippen MR) is 163 cm³/mol. The monoisotopic (exact) mass is 510 g/mol. The first kappa shape index (κ1) is 18.8. The van der Waals surface area contributed by atoms with Crippen LogP contribution in [0.4, 0.5) is 0 Å². The molecule has 39 heavy (non-hydrogen) atoms. The van der Waals surface area contributed by atoms with E-state index in [4.69, 9.17) is 11.3 Å². The molecular weight excluding hydrogens is 474 g/mol. The molecule has 0 amide bonds. The molecular formula is C37H31NO. The molecule has 6 aromatic rings. The van der Waals surface area contributed by atoms with Crippen LogP contribution in [-0.2, 0) is 6.37 Å². The van der Waals surface area contributed by atoms with Crippen LogP contribution in [0.2, 0.25) is 0 Å². The van der Waals surface area contributed by atoms with Gasteiger partial charge in [0.2, 0.25) is 0 Å². The highest BCUT2D eigenvalue weighted by Gasteiger charge is 2.27. The van der Waals surface area contributed by atoms with Crippen molar-refractivity contribution >= 4 is 11.0 Å². The van der Waals surface area contributed by atoms with Gasteiger partial charge < -0.3 is 4.42 Å². The number of hydrogen-bond acceptors (Lipinski definition) is 2. The van der Waals surface area contributed by atoms with Gasteiger partial charge in [0.1, 0.15) is 11.3 Å². The summed E-state index contributed by atoms with van der Waals surface area (Å²) < 4.78 is 49.3. The van der Waals surface area contributed by atoms with Crippen LogP contribution in [0.15, 0.2) is 108 Å². The Morgan fingerprint density at radius 3 is 1.92 bits per heavy atom. The minimum atomic E-state index is -2.52. The summed E-state index contributed by atoms with van der Waals surface area (Å²) in [6.07, 6.45) is -0.634. The minimum absolute atomic E-state index is 0.0827. The van der Waals surface area contributed by atoms with Crippen molar-refractivity contribution in [1.29, 1.82) is 0 Å². The topological polar surface area (TPSA) is 26.0 Å². The minimum Gasteiger partial charge on any atom is -0.455 e. The molecule has 0 unspecified atom stereocenters. The maximum atomic E-state index is 9.01. The summed E-state index contributed by atoms with van der Waals surface area (Å²) in [5.74, 6) is 0.745. The van der Waals surface area contributed by atoms with Crippen LogP contribution >= 0.6 is 0 Å². The van der Waals surface area contributed by atoms with Crippen LogP contribution in [-0.4, -0.2) is 4.98 Å². The van der Waals surface area contributed by atoms with E-state index < -0.39 is 18.6 Å². The van der Waals surface area contributed by atoms with Gasteiger partial charge in [-0.2, -0.15) is 0 Å². The molecule has 0 spiro atoms. The molecule has 0 fully saturated rings. The maximum absolute atomic E-state index is 9.01. The van der Waals surface area contributed by atoms with Gasteiger partial charge in [0.15, 0.2) is 0 Å². The van der Waals surface area contributed by atoms with Gasteiger partial charge in [0.25, 0.3) is 0 Å². The normalized spacial score (nSPS) is 14.8. The third-order valence-electron chi connectivity index (χ3n) is 7.28. The molecule has 0 radical (unpaired) electrons. The number of aryl methyl sites for hydroxylation is 1. The Kier molecular flexibility index (Phi) is 4.24. The molecule has 0 bridgehead atoms. The first-order valence-corrected chi connectivity index (χ1v) is 13.2. The van der Waals surface area contributed by atoms with E-state index in [1.807, 2.05) is 36.4 Å². The fourth-order valence-corrected chi connectivity index (χ4v) is 5.69. The van der Waals surface area contributed by atoms with Gasteiger partial charge in [-0.05, 0) is 69.7 Å². The Hall–Kier alpha value is -4.43. The largest absolute Gasteiger partial charge is 0.455 e. The highest BCUT2D eigenvalue weighted by Crippen LogP contribution is 2.51. The number of rotatable bonds is 2. The quantitative estimate of drug-likeness (QED) is 0.231. The van der Waals surface area contributed by atoms with Crippen molar-refractivity contribution in [2.24, 2.45) is 5.41 Å². The fourth-order valence-electron chi connectivity index (χ4n) is 5.69. The van der Waals surface area contributed by atoms with E-state index in [0.717, 1.165) is 50.1 Å². The molecule has 2 nitrogen and oxygen atoms in total. The van der Waals surface area contributed by atoms with Gasteiger partial charge >= 0.3 is 0 Å². The number of para-hydroxylation sites is 1. The zero-order chi connectivity index (χ0) is 31.0. The maximum Gasteiger partial charge on any atom is 0.144 e. The number of aromatic nitrogens is 1. The first-order chi connectivity index (χ1) is 20.9. The molecule has 0 saturated carbocycles. The van der Waals surface area contributed by atoms with Crippen LogP contribution in [0.3, 0.4) is 0 Å². The lowest BCUT2D eigenvalue weighted by Gasteiger charge is -2.20. The molecule has 7 rings (SSSR count). The molecule has 2 heteroatoms. The third kappa shape index (κ3) is 3.90. The highest BCUT2D eigenvalue weighted by molar-refractivity contribution is 6.12. The number of fused-ring (bicyclic) bond motifs is 10. The molecule has 2 heterocycles. The summed E-state index contributed by atoms with van der Waals surface area (Å²) in [4.78, 5) is 4.60. The molecule has 0 aliphatic heterocycles. The van der Waals surface area contributed by atoms with Crippen LogP contribution in [0.25, 0.3) is 66.9 Å². The second-order valence-corrected chi connectivity index (χ2v) is 11.1. The van der Waals surface area contributed by atoms with E-state index in [1.165, 1.54) is 6.20 Å². The Morgan fingerprint density at radius 1 is 0.718 bits per heavy atom. The molecule has 1 aliphatic carbocycles. The van der Waals surface area contributed by atoms with Crippen molar-refractivity contribution in [2.45, 2.75) is 34.0 Å². The SMILES string of the molecule is [2H]C([2H])([2H])c1cnc(-c2cccc3c4c(oc23)-c2ccccc2-c2ccccc2-c2ccccc2-4)cc1C([2H])([2H])C(C)(C)C. The Morgan fingerprint density at radius 2 is 1.28 bits per heavy atom. The summed E-state index contributed by atoms with van der Waals surface area (Å²) in [5, 5.41) is 0.904. The van der Waals surface area contributed by atoms with E-state index in [9.17, 15) is 0 Å². The Labute approximate surface area is 237 Å². The van der Waals surface area contributed by atoms with Crippen molar-refractivity contribution in [3.8, 4) is 56.0 Å². The van der Waals surface area contributed by atoms with Gasteiger partial charge in [-0.1, -0.05) is 106 Å². The van der Waals surface area contributed by atoms with E-state index in [-0.39, 0.29) is 11.1 Å². The molecule has 4 aromatic carbocycles. The average molecular weight is 511 g/mol. The van der Waals surface area contributed by atoms with E-state index in [2.05, 4.69) is 59.6 Å². The smallest absolute Gasteiger partial charge is 0.144 e. The molecule has 2 aromatic heterocycles. The number of benzene rings is 4. The first-order valence-electron chi connectivity index (χ1n) is 15.7. The molecule has 0 atom stereocenters. The number of furan rings is 1. The van der Waals surface area contributed by atoms with Crippen molar-refractivity contribution in [3.05, 3.63) is 114 Å². The number of pyridine rings is 1. The van der Waals surface area contributed by atoms with Crippen molar-refractivity contribution < 1.29 is 11.3 Å². The van der Waals surface area contributed by atoms with Gasteiger partial charge in [0.05, 0.1) is 5.69 Å². The van der Waals surface area contributed by atoms with Gasteiger partial charge in [0, 0.05) is 35.1 Å². The molecule has 0 saturated heterocycles. The number of hydrogen-bond donors (Lipinski definition) is 0. The lowest BCUT2D eigenvalue weighted by Crippen LogP contribution is -2.10. The lowest BCUT2D eigenvalue weighted by atomic mass is 9.83. The van der Waals surface area contributed by atoms with Crippen molar-refractivity contribution in [2.75, 3.05) is 0 Å². The predicted octanol–water partition coefficient (Wildman–Crippen LogP) is 10.4.